The Morgan fingerprint density at radius 3 is 2.71 bits per heavy atom. The zero-order valence-electron chi connectivity index (χ0n) is 15.7. The van der Waals surface area contributed by atoms with E-state index in [0.29, 0.717) is 30.8 Å². The second kappa shape index (κ2) is 7.75. The predicted octanol–water partition coefficient (Wildman–Crippen LogP) is 1.59. The number of nitrogens with zero attached hydrogens (tertiary/aromatic N) is 5. The van der Waals surface area contributed by atoms with Crippen LogP contribution in [0.3, 0.4) is 0 Å². The molecule has 1 saturated heterocycles. The van der Waals surface area contributed by atoms with Gasteiger partial charge >= 0.3 is 0 Å². The number of carbonyl (C=O) groups is 2. The molecule has 1 fully saturated rings. The van der Waals surface area contributed by atoms with Gasteiger partial charge in [0.05, 0.1) is 12.2 Å². The minimum absolute atomic E-state index is 0.0842. The van der Waals surface area contributed by atoms with Crippen LogP contribution in [0.2, 0.25) is 0 Å². The summed E-state index contributed by atoms with van der Waals surface area (Å²) >= 11 is 0. The average Bonchev–Trinajstić information content (AvgIpc) is 3.34. The fraction of sp³-hybridized carbons (Fsp3) is 0.350. The first-order valence-electron chi connectivity index (χ1n) is 9.39. The largest absolute Gasteiger partial charge is 0.350 e. The molecule has 2 amide bonds. The van der Waals surface area contributed by atoms with Gasteiger partial charge in [0.1, 0.15) is 5.52 Å². The summed E-state index contributed by atoms with van der Waals surface area (Å²) in [6.07, 6.45) is 4.17. The van der Waals surface area contributed by atoms with Gasteiger partial charge in [-0.2, -0.15) is 5.10 Å². The van der Waals surface area contributed by atoms with E-state index in [1.165, 1.54) is 0 Å². The molecule has 0 aliphatic carbocycles. The molecule has 1 aliphatic heterocycles. The Balaban J connectivity index is 1.49. The van der Waals surface area contributed by atoms with Crippen molar-refractivity contribution in [2.45, 2.75) is 25.8 Å². The van der Waals surface area contributed by atoms with Crippen molar-refractivity contribution in [3.8, 4) is 0 Å². The zero-order chi connectivity index (χ0) is 19.5. The molecule has 2 aromatic heterocycles. The maximum absolute atomic E-state index is 12.2. The summed E-state index contributed by atoms with van der Waals surface area (Å²) in [7, 11) is 0. The van der Waals surface area contributed by atoms with E-state index in [2.05, 4.69) is 15.3 Å². The van der Waals surface area contributed by atoms with Gasteiger partial charge in [-0.25, -0.2) is 14.6 Å². The van der Waals surface area contributed by atoms with Crippen LogP contribution in [0.15, 0.2) is 42.7 Å². The molecule has 3 aromatic rings. The summed E-state index contributed by atoms with van der Waals surface area (Å²) in [6.45, 7) is 3.92. The highest BCUT2D eigenvalue weighted by Gasteiger charge is 2.30. The van der Waals surface area contributed by atoms with Crippen molar-refractivity contribution in [2.24, 2.45) is 0 Å². The maximum atomic E-state index is 12.2. The molecule has 1 N–H and O–H groups in total. The molecule has 8 nitrogen and oxygen atoms in total. The number of benzene rings is 1. The second-order valence-electron chi connectivity index (χ2n) is 6.91. The Labute approximate surface area is 162 Å². The third kappa shape index (κ3) is 3.58. The van der Waals surface area contributed by atoms with Crippen molar-refractivity contribution in [1.29, 1.82) is 0 Å². The van der Waals surface area contributed by atoms with Gasteiger partial charge in [-0.15, -0.1) is 0 Å². The lowest BCUT2D eigenvalue weighted by Crippen LogP contribution is -2.27. The maximum Gasteiger partial charge on any atom is 0.251 e. The van der Waals surface area contributed by atoms with Gasteiger partial charge in [-0.05, 0) is 18.6 Å². The Hall–Kier alpha value is -3.29. The molecule has 28 heavy (non-hydrogen) atoms. The smallest absolute Gasteiger partial charge is 0.251 e. The average molecular weight is 378 g/mol. The summed E-state index contributed by atoms with van der Waals surface area (Å²) in [5.74, 6) is 0.125. The van der Waals surface area contributed by atoms with Crippen LogP contribution in [0.25, 0.3) is 11.2 Å². The number of hydrogen-bond donors (Lipinski definition) is 1. The predicted molar refractivity (Wildman–Crippen MR) is 104 cm³/mol. The first-order valence-corrected chi connectivity index (χ1v) is 9.39. The number of nitrogens with one attached hydrogen (secondary N) is 1. The summed E-state index contributed by atoms with van der Waals surface area (Å²) in [4.78, 5) is 34.6. The molecule has 4 rings (SSSR count). The number of hydrogen-bond acceptors (Lipinski definition) is 5. The van der Waals surface area contributed by atoms with Gasteiger partial charge in [0.15, 0.2) is 5.65 Å². The molecule has 1 atom stereocenters. The van der Waals surface area contributed by atoms with Gasteiger partial charge in [0.2, 0.25) is 5.91 Å². The number of amides is 2. The number of carbonyl (C=O) groups excluding carboxylic acids is 2. The molecule has 1 aliphatic rings. The standard InChI is InChI=1S/C20H22N6O2/c1-14(27)25-11-7-16(13-25)17-18-19(22-9-8-21-18)26(24-17)12-10-23-20(28)15-5-3-2-4-6-15/h2-6,8-9,16H,7,10-13H2,1H3,(H,23,28)/t16-/m1/s1. The van der Waals surface area contributed by atoms with Gasteiger partial charge < -0.3 is 10.2 Å². The topological polar surface area (TPSA) is 93.0 Å². The minimum Gasteiger partial charge on any atom is -0.350 e. The van der Waals surface area contributed by atoms with E-state index < -0.39 is 0 Å². The summed E-state index contributed by atoms with van der Waals surface area (Å²) < 4.78 is 1.79. The van der Waals surface area contributed by atoms with Crippen molar-refractivity contribution in [1.82, 2.24) is 30.0 Å². The number of rotatable bonds is 5. The first kappa shape index (κ1) is 18.1. The van der Waals surface area contributed by atoms with Gasteiger partial charge in [0, 0.05) is 50.4 Å². The quantitative estimate of drug-likeness (QED) is 0.728. The van der Waals surface area contributed by atoms with Crippen LogP contribution < -0.4 is 5.32 Å². The summed E-state index contributed by atoms with van der Waals surface area (Å²) in [5.41, 5.74) is 2.98. The van der Waals surface area contributed by atoms with Crippen molar-refractivity contribution in [3.63, 3.8) is 0 Å². The lowest BCUT2D eigenvalue weighted by molar-refractivity contribution is -0.127. The Morgan fingerprint density at radius 2 is 1.96 bits per heavy atom. The number of aromatic nitrogens is 4. The molecule has 1 aromatic carbocycles. The molecule has 144 valence electrons. The third-order valence-electron chi connectivity index (χ3n) is 5.06. The van der Waals surface area contributed by atoms with Crippen LogP contribution in [-0.4, -0.2) is 56.1 Å². The zero-order valence-corrected chi connectivity index (χ0v) is 15.7. The summed E-state index contributed by atoms with van der Waals surface area (Å²) in [6, 6.07) is 9.11. The van der Waals surface area contributed by atoms with Gasteiger partial charge in [-0.1, -0.05) is 18.2 Å². The highest BCUT2D eigenvalue weighted by Crippen LogP contribution is 2.30. The molecule has 0 radical (unpaired) electrons. The second-order valence-corrected chi connectivity index (χ2v) is 6.91. The van der Waals surface area contributed by atoms with Crippen molar-refractivity contribution in [2.75, 3.05) is 19.6 Å². The molecule has 0 unspecified atom stereocenters. The highest BCUT2D eigenvalue weighted by molar-refractivity contribution is 5.94. The Bertz CT molecular complexity index is 1000. The molecule has 0 saturated carbocycles. The number of likely N-dealkylation sites (tertiary alicyclic amines) is 1. The van der Waals surface area contributed by atoms with Crippen LogP contribution >= 0.6 is 0 Å². The van der Waals surface area contributed by atoms with Crippen LogP contribution in [-0.2, 0) is 11.3 Å². The Morgan fingerprint density at radius 1 is 1.18 bits per heavy atom. The van der Waals surface area contributed by atoms with E-state index in [9.17, 15) is 9.59 Å². The van der Waals surface area contributed by atoms with E-state index in [-0.39, 0.29) is 17.7 Å². The van der Waals surface area contributed by atoms with Crippen molar-refractivity contribution in [3.05, 3.63) is 54.0 Å². The Kier molecular flexibility index (Phi) is 5.01. The molecule has 0 bridgehead atoms. The molecule has 0 spiro atoms. The van der Waals surface area contributed by atoms with Crippen LogP contribution in [0.4, 0.5) is 0 Å². The van der Waals surface area contributed by atoms with Crippen molar-refractivity contribution >= 4 is 23.0 Å². The monoisotopic (exact) mass is 378 g/mol. The van der Waals surface area contributed by atoms with Crippen molar-refractivity contribution < 1.29 is 9.59 Å². The van der Waals surface area contributed by atoms with Crippen LogP contribution in [0.1, 0.15) is 35.3 Å². The number of fused-ring (bicyclic) bond motifs is 1. The normalized spacial score (nSPS) is 16.5. The van der Waals surface area contributed by atoms with Crippen LogP contribution in [0, 0.1) is 0 Å². The van der Waals surface area contributed by atoms with Crippen LogP contribution in [0.5, 0.6) is 0 Å². The SMILES string of the molecule is CC(=O)N1CC[C@@H](c2nn(CCNC(=O)c3ccccc3)c3nccnc23)C1. The minimum atomic E-state index is -0.115. The molecule has 8 heteroatoms. The lowest BCUT2D eigenvalue weighted by Gasteiger charge is -2.12. The molecule has 3 heterocycles. The van der Waals surface area contributed by atoms with E-state index in [0.717, 1.165) is 24.2 Å². The van der Waals surface area contributed by atoms with E-state index in [4.69, 9.17) is 5.10 Å². The van der Waals surface area contributed by atoms with Gasteiger partial charge in [-0.3, -0.25) is 9.59 Å². The van der Waals surface area contributed by atoms with E-state index in [1.807, 2.05) is 23.1 Å². The first-order chi connectivity index (χ1) is 13.6. The fourth-order valence-corrected chi connectivity index (χ4v) is 3.59. The highest BCUT2D eigenvalue weighted by atomic mass is 16.2. The fourth-order valence-electron chi connectivity index (χ4n) is 3.59. The molecular formula is C20H22N6O2. The lowest BCUT2D eigenvalue weighted by atomic mass is 10.0. The van der Waals surface area contributed by atoms with E-state index >= 15 is 0 Å². The van der Waals surface area contributed by atoms with E-state index in [1.54, 1.807) is 36.1 Å². The third-order valence-corrected chi connectivity index (χ3v) is 5.06. The van der Waals surface area contributed by atoms with Gasteiger partial charge in [0.25, 0.3) is 5.91 Å². The summed E-state index contributed by atoms with van der Waals surface area (Å²) in [5, 5.41) is 7.65. The molecular weight excluding hydrogens is 356 g/mol.